The van der Waals surface area contributed by atoms with Gasteiger partial charge in [-0.05, 0) is 19.3 Å². The van der Waals surface area contributed by atoms with E-state index in [9.17, 15) is 19.4 Å². The van der Waals surface area contributed by atoms with Gasteiger partial charge in [-0.2, -0.15) is 0 Å². The summed E-state index contributed by atoms with van der Waals surface area (Å²) in [7, 11) is 1.58. The van der Waals surface area contributed by atoms with Gasteiger partial charge >= 0.3 is 7.82 Å². The summed E-state index contributed by atoms with van der Waals surface area (Å²) in [5, 5.41) is 13.8. The van der Waals surface area contributed by atoms with Gasteiger partial charge in [-0.1, -0.05) is 212 Å². The second-order valence-corrected chi connectivity index (χ2v) is 18.9. The number of hydrogen-bond acceptors (Lipinski definition) is 5. The van der Waals surface area contributed by atoms with Gasteiger partial charge in [-0.25, -0.2) is 4.57 Å². The number of aliphatic hydroxyl groups excluding tert-OH is 1. The summed E-state index contributed by atoms with van der Waals surface area (Å²) in [6.07, 6.45) is 44.2. The number of carbonyl (C=O) groups is 1. The smallest absolute Gasteiger partial charge is 0.387 e. The first kappa shape index (κ1) is 54.2. The molecule has 0 fully saturated rings. The summed E-state index contributed by atoms with van der Waals surface area (Å²) in [5.41, 5.74) is 0. The lowest BCUT2D eigenvalue weighted by atomic mass is 10.0. The van der Waals surface area contributed by atoms with Crippen LogP contribution < -0.4 is 5.32 Å². The van der Waals surface area contributed by atoms with Crippen LogP contribution in [0.4, 0.5) is 0 Å². The fourth-order valence-corrected chi connectivity index (χ4v) is 7.72. The summed E-state index contributed by atoms with van der Waals surface area (Å²) in [5.74, 6) is -0.174. The quantitative estimate of drug-likeness (QED) is 0.0245. The zero-order valence-electron chi connectivity index (χ0n) is 37.2. The van der Waals surface area contributed by atoms with Crippen LogP contribution in [0.2, 0.25) is 0 Å². The predicted octanol–water partition coefficient (Wildman–Crippen LogP) is 13.1. The van der Waals surface area contributed by atoms with Crippen LogP contribution in [0.25, 0.3) is 0 Å². The molecule has 0 aliphatic carbocycles. The third-order valence-electron chi connectivity index (χ3n) is 10.8. The Kier molecular flexibility index (Phi) is 38.2. The van der Waals surface area contributed by atoms with Crippen molar-refractivity contribution in [3.05, 3.63) is 12.2 Å². The maximum atomic E-state index is 12.9. The Hall–Kier alpha value is -0.760. The molecule has 328 valence electrons. The van der Waals surface area contributed by atoms with E-state index in [1.54, 1.807) is 6.08 Å². The number of phosphoric ester groups is 1. The van der Waals surface area contributed by atoms with Crippen LogP contribution in [0.3, 0.4) is 0 Å². The van der Waals surface area contributed by atoms with Crippen molar-refractivity contribution in [1.29, 1.82) is 0 Å². The van der Waals surface area contributed by atoms with E-state index in [1.807, 2.05) is 27.2 Å². The van der Waals surface area contributed by atoms with E-state index in [4.69, 9.17) is 9.05 Å². The lowest BCUT2D eigenvalue weighted by Gasteiger charge is -2.25. The number of carbonyl (C=O) groups excluding carboxylic acids is 1. The van der Waals surface area contributed by atoms with Crippen molar-refractivity contribution >= 4 is 13.7 Å². The zero-order valence-corrected chi connectivity index (χ0v) is 38.1. The summed E-state index contributed by atoms with van der Waals surface area (Å²) < 4.78 is 23.6. The van der Waals surface area contributed by atoms with E-state index in [2.05, 4.69) is 19.2 Å². The Labute approximate surface area is 342 Å². The number of quaternary nitrogens is 1. The Balaban J connectivity index is 4.29. The fraction of sp³-hybridized carbons (Fsp3) is 0.935. The summed E-state index contributed by atoms with van der Waals surface area (Å²) in [6.45, 7) is 4.83. The molecular formula is C46H94N2O6P+. The van der Waals surface area contributed by atoms with Crippen LogP contribution in [-0.2, 0) is 18.4 Å². The van der Waals surface area contributed by atoms with Crippen molar-refractivity contribution in [3.8, 4) is 0 Å². The van der Waals surface area contributed by atoms with Gasteiger partial charge in [0.2, 0.25) is 5.91 Å². The number of unbranched alkanes of at least 4 members (excludes halogenated alkanes) is 30. The molecule has 0 aromatic carbocycles. The molecule has 55 heavy (non-hydrogen) atoms. The number of likely N-dealkylation sites (N-methyl/N-ethyl adjacent to an activating group) is 1. The predicted molar refractivity (Wildman–Crippen MR) is 235 cm³/mol. The molecule has 0 aromatic heterocycles. The summed E-state index contributed by atoms with van der Waals surface area (Å²) in [6, 6.07) is -0.839. The van der Waals surface area contributed by atoms with Crippen LogP contribution in [0.1, 0.15) is 226 Å². The van der Waals surface area contributed by atoms with E-state index in [0.717, 1.165) is 38.5 Å². The molecular weight excluding hydrogens is 707 g/mol. The second-order valence-electron chi connectivity index (χ2n) is 17.5. The Morgan fingerprint density at radius 2 is 0.964 bits per heavy atom. The monoisotopic (exact) mass is 802 g/mol. The highest BCUT2D eigenvalue weighted by atomic mass is 31.2. The van der Waals surface area contributed by atoms with Gasteiger partial charge < -0.3 is 19.8 Å². The largest absolute Gasteiger partial charge is 0.472 e. The molecule has 0 radical (unpaired) electrons. The van der Waals surface area contributed by atoms with Crippen LogP contribution >= 0.6 is 7.82 Å². The first-order valence-electron chi connectivity index (χ1n) is 23.6. The minimum absolute atomic E-state index is 0.0646. The SMILES string of the molecule is CCCCCCCCCCCCCC=C[C@@H](O)[C@H](COP(=O)(O)OCC[N+](C)(C)C)NC(=O)CCCCCCCCCCCCCCCCCCCCCC. The third kappa shape index (κ3) is 41.2. The molecule has 0 saturated carbocycles. The molecule has 0 aliphatic rings. The first-order chi connectivity index (χ1) is 26.5. The number of aliphatic hydroxyl groups is 1. The number of allylic oxidation sites excluding steroid dienone is 1. The summed E-state index contributed by atoms with van der Waals surface area (Å²) in [4.78, 5) is 23.1. The molecule has 0 heterocycles. The van der Waals surface area contributed by atoms with Gasteiger partial charge in [0, 0.05) is 6.42 Å². The van der Waals surface area contributed by atoms with E-state index in [0.29, 0.717) is 17.4 Å². The summed E-state index contributed by atoms with van der Waals surface area (Å²) >= 11 is 0. The van der Waals surface area contributed by atoms with Crippen molar-refractivity contribution in [2.75, 3.05) is 40.9 Å². The number of hydrogen-bond donors (Lipinski definition) is 3. The van der Waals surface area contributed by atoms with Crippen LogP contribution in [-0.4, -0.2) is 73.4 Å². The molecule has 9 heteroatoms. The Morgan fingerprint density at radius 1 is 0.600 bits per heavy atom. The van der Waals surface area contributed by atoms with Crippen LogP contribution in [0.5, 0.6) is 0 Å². The maximum absolute atomic E-state index is 12.9. The van der Waals surface area contributed by atoms with Gasteiger partial charge in [0.15, 0.2) is 0 Å². The topological polar surface area (TPSA) is 105 Å². The molecule has 1 amide bonds. The van der Waals surface area contributed by atoms with Crippen molar-refractivity contribution < 1.29 is 32.9 Å². The number of rotatable bonds is 43. The highest BCUT2D eigenvalue weighted by Crippen LogP contribution is 2.43. The molecule has 3 atom stereocenters. The van der Waals surface area contributed by atoms with Gasteiger partial charge in [-0.15, -0.1) is 0 Å². The van der Waals surface area contributed by atoms with Crippen molar-refractivity contribution in [2.45, 2.75) is 238 Å². The van der Waals surface area contributed by atoms with Crippen LogP contribution in [0.15, 0.2) is 12.2 Å². The van der Waals surface area contributed by atoms with Crippen molar-refractivity contribution in [1.82, 2.24) is 5.32 Å². The van der Waals surface area contributed by atoms with Gasteiger partial charge in [0.1, 0.15) is 13.2 Å². The van der Waals surface area contributed by atoms with Crippen molar-refractivity contribution in [3.63, 3.8) is 0 Å². The third-order valence-corrected chi connectivity index (χ3v) is 11.7. The Morgan fingerprint density at radius 3 is 1.35 bits per heavy atom. The highest BCUT2D eigenvalue weighted by molar-refractivity contribution is 7.47. The fourth-order valence-electron chi connectivity index (χ4n) is 6.98. The van der Waals surface area contributed by atoms with E-state index >= 15 is 0 Å². The average Bonchev–Trinajstić information content (AvgIpc) is 3.13. The standard InChI is InChI=1S/C46H93N2O6P/c1-6-8-10-12-14-16-18-20-21-22-23-24-25-26-28-30-32-34-36-38-40-46(50)47-44(43-54-55(51,52)53-42-41-48(3,4)5)45(49)39-37-35-33-31-29-27-19-17-15-13-11-9-7-2/h37,39,44-45,49H,6-36,38,40-43H2,1-5H3,(H-,47,50,51,52)/p+1/t44-,45+/m0/s1. The number of nitrogens with zero attached hydrogens (tertiary/aromatic N) is 1. The van der Waals surface area contributed by atoms with Crippen molar-refractivity contribution in [2.24, 2.45) is 0 Å². The minimum Gasteiger partial charge on any atom is -0.387 e. The second kappa shape index (κ2) is 38.7. The minimum atomic E-state index is -4.33. The molecule has 0 saturated heterocycles. The van der Waals surface area contributed by atoms with Crippen LogP contribution in [0, 0.1) is 0 Å². The molecule has 8 nitrogen and oxygen atoms in total. The van der Waals surface area contributed by atoms with E-state index < -0.39 is 20.0 Å². The maximum Gasteiger partial charge on any atom is 0.472 e. The molecule has 0 spiro atoms. The molecule has 0 bridgehead atoms. The Bertz CT molecular complexity index is 911. The number of phosphoric acid groups is 1. The number of nitrogens with one attached hydrogen (secondary N) is 1. The van der Waals surface area contributed by atoms with Gasteiger partial charge in [-0.3, -0.25) is 13.8 Å². The van der Waals surface area contributed by atoms with E-state index in [1.165, 1.54) is 167 Å². The lowest BCUT2D eigenvalue weighted by Crippen LogP contribution is -2.45. The number of amides is 1. The average molecular weight is 802 g/mol. The normalized spacial score (nSPS) is 14.4. The lowest BCUT2D eigenvalue weighted by molar-refractivity contribution is -0.870. The van der Waals surface area contributed by atoms with Gasteiger partial charge in [0.25, 0.3) is 0 Å². The zero-order chi connectivity index (χ0) is 40.7. The molecule has 0 aliphatic heterocycles. The molecule has 1 unspecified atom stereocenters. The van der Waals surface area contributed by atoms with Gasteiger partial charge in [0.05, 0.1) is 39.9 Å². The molecule has 0 aromatic rings. The first-order valence-corrected chi connectivity index (χ1v) is 25.1. The molecule has 0 rings (SSSR count). The highest BCUT2D eigenvalue weighted by Gasteiger charge is 2.27. The molecule has 3 N–H and O–H groups in total. The van der Waals surface area contributed by atoms with E-state index in [-0.39, 0.29) is 19.1 Å².